The van der Waals surface area contributed by atoms with Gasteiger partial charge in [-0.3, -0.25) is 0 Å². The minimum Gasteiger partial charge on any atom is -0.376 e. The molecule has 4 heteroatoms. The number of nitrogens with zero attached hydrogens (tertiary/aromatic N) is 1. The summed E-state index contributed by atoms with van der Waals surface area (Å²) < 4.78 is 6.73. The molecule has 1 saturated heterocycles. The molecule has 0 bridgehead atoms. The quantitative estimate of drug-likeness (QED) is 0.928. The summed E-state index contributed by atoms with van der Waals surface area (Å²) in [6.07, 6.45) is 2.73. The van der Waals surface area contributed by atoms with Crippen molar-refractivity contribution < 1.29 is 4.74 Å². The summed E-state index contributed by atoms with van der Waals surface area (Å²) in [6.45, 7) is 2.42. The Kier molecular flexibility index (Phi) is 4.42. The summed E-state index contributed by atoms with van der Waals surface area (Å²) in [6, 6.07) is 6.32. The largest absolute Gasteiger partial charge is 0.376 e. The van der Waals surface area contributed by atoms with Crippen LogP contribution in [0.1, 0.15) is 18.4 Å². The van der Waals surface area contributed by atoms with Crippen LogP contribution in [0.15, 0.2) is 22.7 Å². The van der Waals surface area contributed by atoms with E-state index in [1.54, 1.807) is 0 Å². The van der Waals surface area contributed by atoms with Crippen LogP contribution in [0.4, 0.5) is 5.69 Å². The standard InChI is InChI=1S/C13H19BrN2O/c1-16(9-13-3-2-4-17-13)12-6-10(8-15)5-11(14)7-12/h5-7,13H,2-4,8-9,15H2,1H3. The summed E-state index contributed by atoms with van der Waals surface area (Å²) >= 11 is 3.52. The van der Waals surface area contributed by atoms with E-state index in [0.717, 1.165) is 23.2 Å². The van der Waals surface area contributed by atoms with Crippen molar-refractivity contribution in [3.05, 3.63) is 28.2 Å². The molecular formula is C13H19BrN2O. The van der Waals surface area contributed by atoms with Crippen LogP contribution in [0.5, 0.6) is 0 Å². The first kappa shape index (κ1) is 12.9. The summed E-state index contributed by atoms with van der Waals surface area (Å²) in [4.78, 5) is 2.24. The van der Waals surface area contributed by atoms with Crippen molar-refractivity contribution in [3.63, 3.8) is 0 Å². The van der Waals surface area contributed by atoms with Crippen LogP contribution in [0.25, 0.3) is 0 Å². The maximum absolute atomic E-state index is 5.69. The van der Waals surface area contributed by atoms with E-state index in [4.69, 9.17) is 10.5 Å². The Labute approximate surface area is 111 Å². The van der Waals surface area contributed by atoms with E-state index in [2.05, 4.69) is 46.1 Å². The molecular weight excluding hydrogens is 280 g/mol. The van der Waals surface area contributed by atoms with Gasteiger partial charge in [0.25, 0.3) is 0 Å². The fraction of sp³-hybridized carbons (Fsp3) is 0.538. The van der Waals surface area contributed by atoms with Crippen LogP contribution in [0.3, 0.4) is 0 Å². The van der Waals surface area contributed by atoms with Gasteiger partial charge in [0.2, 0.25) is 0 Å². The van der Waals surface area contributed by atoms with Gasteiger partial charge >= 0.3 is 0 Å². The molecule has 1 atom stereocenters. The first-order valence-corrected chi connectivity index (χ1v) is 6.80. The molecule has 94 valence electrons. The third-order valence-corrected chi connectivity index (χ3v) is 3.58. The molecule has 1 aliphatic heterocycles. The van der Waals surface area contributed by atoms with E-state index in [9.17, 15) is 0 Å². The molecule has 17 heavy (non-hydrogen) atoms. The lowest BCUT2D eigenvalue weighted by atomic mass is 10.1. The fourth-order valence-corrected chi connectivity index (χ4v) is 2.70. The first-order chi connectivity index (χ1) is 8.19. The fourth-order valence-electron chi connectivity index (χ4n) is 2.17. The smallest absolute Gasteiger partial charge is 0.0750 e. The lowest BCUT2D eigenvalue weighted by Crippen LogP contribution is -2.28. The van der Waals surface area contributed by atoms with E-state index < -0.39 is 0 Å². The number of hydrogen-bond acceptors (Lipinski definition) is 3. The number of ether oxygens (including phenoxy) is 1. The maximum atomic E-state index is 5.69. The molecule has 0 saturated carbocycles. The summed E-state index contributed by atoms with van der Waals surface area (Å²) in [7, 11) is 2.10. The lowest BCUT2D eigenvalue weighted by Gasteiger charge is -2.23. The molecule has 0 aliphatic carbocycles. The monoisotopic (exact) mass is 298 g/mol. The van der Waals surface area contributed by atoms with Gasteiger partial charge in [-0.15, -0.1) is 0 Å². The molecule has 1 heterocycles. The van der Waals surface area contributed by atoms with Crippen molar-refractivity contribution in [1.29, 1.82) is 0 Å². The highest BCUT2D eigenvalue weighted by atomic mass is 79.9. The SMILES string of the molecule is CN(CC1CCCO1)c1cc(Br)cc(CN)c1. The van der Waals surface area contributed by atoms with Crippen LogP contribution in [-0.4, -0.2) is 26.3 Å². The molecule has 1 unspecified atom stereocenters. The van der Waals surface area contributed by atoms with Crippen LogP contribution >= 0.6 is 15.9 Å². The first-order valence-electron chi connectivity index (χ1n) is 6.01. The number of anilines is 1. The molecule has 0 spiro atoms. The van der Waals surface area contributed by atoms with E-state index in [1.807, 2.05) is 0 Å². The number of benzene rings is 1. The van der Waals surface area contributed by atoms with Gasteiger partial charge in [0.05, 0.1) is 6.10 Å². The summed E-state index contributed by atoms with van der Waals surface area (Å²) in [5, 5.41) is 0. The molecule has 0 radical (unpaired) electrons. The molecule has 1 aromatic rings. The highest BCUT2D eigenvalue weighted by Gasteiger charge is 2.17. The van der Waals surface area contributed by atoms with Gasteiger partial charge in [0, 0.05) is 36.9 Å². The van der Waals surface area contributed by atoms with Crippen molar-refractivity contribution in [3.8, 4) is 0 Å². The molecule has 2 N–H and O–H groups in total. The second-order valence-electron chi connectivity index (χ2n) is 4.54. The van der Waals surface area contributed by atoms with Gasteiger partial charge in [0.15, 0.2) is 0 Å². The van der Waals surface area contributed by atoms with Gasteiger partial charge in [-0.25, -0.2) is 0 Å². The van der Waals surface area contributed by atoms with Crippen LogP contribution in [0, 0.1) is 0 Å². The van der Waals surface area contributed by atoms with Crippen molar-refractivity contribution in [1.82, 2.24) is 0 Å². The Morgan fingerprint density at radius 3 is 2.94 bits per heavy atom. The van der Waals surface area contributed by atoms with Gasteiger partial charge < -0.3 is 15.4 Å². The minimum atomic E-state index is 0.375. The Morgan fingerprint density at radius 2 is 2.29 bits per heavy atom. The second kappa shape index (κ2) is 5.85. The van der Waals surface area contributed by atoms with Crippen LogP contribution in [0.2, 0.25) is 0 Å². The number of likely N-dealkylation sites (N-methyl/N-ethyl adjacent to an activating group) is 1. The summed E-state index contributed by atoms with van der Waals surface area (Å²) in [5.41, 5.74) is 8.02. The van der Waals surface area contributed by atoms with E-state index in [0.29, 0.717) is 12.6 Å². The number of halogens is 1. The second-order valence-corrected chi connectivity index (χ2v) is 5.45. The van der Waals surface area contributed by atoms with Crippen molar-refractivity contribution >= 4 is 21.6 Å². The molecule has 1 fully saturated rings. The zero-order chi connectivity index (χ0) is 12.3. The number of hydrogen-bond donors (Lipinski definition) is 1. The highest BCUT2D eigenvalue weighted by molar-refractivity contribution is 9.10. The predicted octanol–water partition coefficient (Wildman–Crippen LogP) is 2.52. The van der Waals surface area contributed by atoms with Gasteiger partial charge in [-0.1, -0.05) is 15.9 Å². The van der Waals surface area contributed by atoms with E-state index in [1.165, 1.54) is 18.5 Å². The van der Waals surface area contributed by atoms with Gasteiger partial charge in [0.1, 0.15) is 0 Å². The number of rotatable bonds is 4. The predicted molar refractivity (Wildman–Crippen MR) is 74.3 cm³/mol. The van der Waals surface area contributed by atoms with E-state index in [-0.39, 0.29) is 0 Å². The van der Waals surface area contributed by atoms with Crippen molar-refractivity contribution in [2.75, 3.05) is 25.1 Å². The van der Waals surface area contributed by atoms with E-state index >= 15 is 0 Å². The Hall–Kier alpha value is -0.580. The van der Waals surface area contributed by atoms with Gasteiger partial charge in [-0.2, -0.15) is 0 Å². The topological polar surface area (TPSA) is 38.5 Å². The van der Waals surface area contributed by atoms with Gasteiger partial charge in [-0.05, 0) is 36.6 Å². The minimum absolute atomic E-state index is 0.375. The molecule has 3 nitrogen and oxygen atoms in total. The normalized spacial score (nSPS) is 19.6. The average molecular weight is 299 g/mol. The molecule has 1 aromatic carbocycles. The maximum Gasteiger partial charge on any atom is 0.0750 e. The number of nitrogens with two attached hydrogens (primary N) is 1. The molecule has 0 aromatic heterocycles. The van der Waals surface area contributed by atoms with Crippen molar-refractivity contribution in [2.24, 2.45) is 5.73 Å². The molecule has 0 amide bonds. The zero-order valence-corrected chi connectivity index (χ0v) is 11.7. The van der Waals surface area contributed by atoms with Crippen LogP contribution in [-0.2, 0) is 11.3 Å². The summed E-state index contributed by atoms with van der Waals surface area (Å²) in [5.74, 6) is 0. The Balaban J connectivity index is 2.06. The average Bonchev–Trinajstić information content (AvgIpc) is 2.81. The lowest BCUT2D eigenvalue weighted by molar-refractivity contribution is 0.116. The molecule has 2 rings (SSSR count). The third kappa shape index (κ3) is 3.44. The highest BCUT2D eigenvalue weighted by Crippen LogP contribution is 2.23. The third-order valence-electron chi connectivity index (χ3n) is 3.12. The Morgan fingerprint density at radius 1 is 1.47 bits per heavy atom. The molecule has 1 aliphatic rings. The zero-order valence-electron chi connectivity index (χ0n) is 10.2. The van der Waals surface area contributed by atoms with Crippen LogP contribution < -0.4 is 10.6 Å². The van der Waals surface area contributed by atoms with Crippen molar-refractivity contribution in [2.45, 2.75) is 25.5 Å². The Bertz CT molecular complexity index is 378.